The van der Waals surface area contributed by atoms with Crippen molar-refractivity contribution in [3.63, 3.8) is 0 Å². The van der Waals surface area contributed by atoms with E-state index in [-0.39, 0.29) is 11.7 Å². The Kier molecular flexibility index (Phi) is 4.90. The monoisotopic (exact) mass is 390 g/mol. The number of hydrogen-bond acceptors (Lipinski definition) is 4. The van der Waals surface area contributed by atoms with Gasteiger partial charge in [0.1, 0.15) is 17.2 Å². The molecule has 0 bridgehead atoms. The minimum atomic E-state index is -0.316. The third-order valence-electron chi connectivity index (χ3n) is 4.59. The predicted octanol–water partition coefficient (Wildman–Crippen LogP) is 2.95. The normalized spacial score (nSPS) is 10.9. The molecule has 0 aliphatic carbocycles. The molecule has 0 spiro atoms. The van der Waals surface area contributed by atoms with Gasteiger partial charge < -0.3 is 5.32 Å². The highest BCUT2D eigenvalue weighted by Crippen LogP contribution is 2.20. The SMILES string of the molecule is Cn1nc(-c2ccccn2)cc1CNC(=O)c1cc(-c2ccc(F)cc2)nn1C. The van der Waals surface area contributed by atoms with Crippen LogP contribution in [0.15, 0.2) is 60.8 Å². The molecule has 1 amide bonds. The number of carbonyl (C=O) groups excluding carboxylic acids is 1. The summed E-state index contributed by atoms with van der Waals surface area (Å²) < 4.78 is 16.3. The van der Waals surface area contributed by atoms with Gasteiger partial charge in [-0.05, 0) is 48.5 Å². The van der Waals surface area contributed by atoms with E-state index in [0.717, 1.165) is 22.6 Å². The molecule has 0 aliphatic rings. The predicted molar refractivity (Wildman–Crippen MR) is 106 cm³/mol. The number of carbonyl (C=O) groups is 1. The van der Waals surface area contributed by atoms with Gasteiger partial charge in [-0.15, -0.1) is 0 Å². The lowest BCUT2D eigenvalue weighted by atomic mass is 10.1. The Labute approximate surface area is 166 Å². The van der Waals surface area contributed by atoms with Gasteiger partial charge in [-0.1, -0.05) is 6.07 Å². The van der Waals surface area contributed by atoms with Crippen molar-refractivity contribution in [2.45, 2.75) is 6.54 Å². The van der Waals surface area contributed by atoms with Crippen molar-refractivity contribution in [3.8, 4) is 22.6 Å². The van der Waals surface area contributed by atoms with Gasteiger partial charge in [-0.2, -0.15) is 10.2 Å². The Morgan fingerprint density at radius 2 is 1.72 bits per heavy atom. The van der Waals surface area contributed by atoms with Crippen molar-refractivity contribution in [2.24, 2.45) is 14.1 Å². The van der Waals surface area contributed by atoms with E-state index < -0.39 is 0 Å². The van der Waals surface area contributed by atoms with Gasteiger partial charge in [0.2, 0.25) is 0 Å². The molecule has 0 unspecified atom stereocenters. The van der Waals surface area contributed by atoms with E-state index in [4.69, 9.17) is 0 Å². The number of amides is 1. The molecular weight excluding hydrogens is 371 g/mol. The number of aryl methyl sites for hydroxylation is 2. The molecule has 146 valence electrons. The van der Waals surface area contributed by atoms with Crippen molar-refractivity contribution >= 4 is 5.91 Å². The van der Waals surface area contributed by atoms with Crippen LogP contribution in [-0.2, 0) is 20.6 Å². The lowest BCUT2D eigenvalue weighted by molar-refractivity contribution is 0.0940. The van der Waals surface area contributed by atoms with Crippen LogP contribution in [0, 0.1) is 5.82 Å². The van der Waals surface area contributed by atoms with Gasteiger partial charge in [0, 0.05) is 25.9 Å². The first-order valence-corrected chi connectivity index (χ1v) is 9.04. The molecular formula is C21H19FN6O. The van der Waals surface area contributed by atoms with Crippen molar-refractivity contribution in [1.82, 2.24) is 29.9 Å². The molecule has 7 nitrogen and oxygen atoms in total. The highest BCUT2D eigenvalue weighted by atomic mass is 19.1. The maximum atomic E-state index is 13.1. The van der Waals surface area contributed by atoms with E-state index in [9.17, 15) is 9.18 Å². The highest BCUT2D eigenvalue weighted by Gasteiger charge is 2.15. The Bertz CT molecular complexity index is 1150. The van der Waals surface area contributed by atoms with Crippen LogP contribution in [-0.4, -0.2) is 30.5 Å². The molecule has 1 N–H and O–H groups in total. The zero-order chi connectivity index (χ0) is 20.4. The van der Waals surface area contributed by atoms with Gasteiger partial charge in [-0.3, -0.25) is 19.1 Å². The third-order valence-corrected chi connectivity index (χ3v) is 4.59. The second kappa shape index (κ2) is 7.67. The molecule has 4 rings (SSSR count). The molecule has 3 aromatic heterocycles. The standard InChI is InChI=1S/C21H19FN6O/c1-27-16(11-19(26-27)17-5-3-4-10-23-17)13-24-21(29)20-12-18(25-28(20)2)14-6-8-15(22)9-7-14/h3-12H,13H2,1-2H3,(H,24,29). The van der Waals surface area contributed by atoms with E-state index >= 15 is 0 Å². The molecule has 0 aliphatic heterocycles. The number of hydrogen-bond donors (Lipinski definition) is 1. The smallest absolute Gasteiger partial charge is 0.269 e. The van der Waals surface area contributed by atoms with Crippen molar-refractivity contribution in [1.29, 1.82) is 0 Å². The number of nitrogens with zero attached hydrogens (tertiary/aromatic N) is 5. The van der Waals surface area contributed by atoms with Crippen LogP contribution in [0.5, 0.6) is 0 Å². The lowest BCUT2D eigenvalue weighted by Gasteiger charge is -2.05. The average molecular weight is 390 g/mol. The summed E-state index contributed by atoms with van der Waals surface area (Å²) in [6.07, 6.45) is 1.71. The number of nitrogens with one attached hydrogen (secondary N) is 1. The quantitative estimate of drug-likeness (QED) is 0.568. The number of rotatable bonds is 5. The maximum Gasteiger partial charge on any atom is 0.269 e. The fraction of sp³-hybridized carbons (Fsp3) is 0.143. The Hall–Kier alpha value is -3.81. The van der Waals surface area contributed by atoms with Crippen LogP contribution in [0.3, 0.4) is 0 Å². The highest BCUT2D eigenvalue weighted by molar-refractivity contribution is 5.93. The molecule has 1 aromatic carbocycles. The van der Waals surface area contributed by atoms with Crippen LogP contribution in [0.25, 0.3) is 22.6 Å². The van der Waals surface area contributed by atoms with Crippen molar-refractivity contribution < 1.29 is 9.18 Å². The van der Waals surface area contributed by atoms with Crippen molar-refractivity contribution in [3.05, 3.63) is 78.0 Å². The molecule has 0 radical (unpaired) electrons. The maximum absolute atomic E-state index is 13.1. The first kappa shape index (κ1) is 18.5. The number of pyridine rings is 1. The van der Waals surface area contributed by atoms with Gasteiger partial charge in [0.25, 0.3) is 5.91 Å². The Morgan fingerprint density at radius 3 is 2.45 bits per heavy atom. The summed E-state index contributed by atoms with van der Waals surface area (Å²) in [5.74, 6) is -0.571. The Balaban J connectivity index is 1.48. The molecule has 29 heavy (non-hydrogen) atoms. The summed E-state index contributed by atoms with van der Waals surface area (Å²) in [7, 11) is 3.52. The second-order valence-corrected chi connectivity index (χ2v) is 6.59. The van der Waals surface area contributed by atoms with E-state index in [1.54, 1.807) is 36.1 Å². The third kappa shape index (κ3) is 3.91. The summed E-state index contributed by atoms with van der Waals surface area (Å²) in [4.78, 5) is 16.9. The van der Waals surface area contributed by atoms with Gasteiger partial charge >= 0.3 is 0 Å². The van der Waals surface area contributed by atoms with Crippen LogP contribution in [0.4, 0.5) is 4.39 Å². The van der Waals surface area contributed by atoms with Crippen molar-refractivity contribution in [2.75, 3.05) is 0 Å². The zero-order valence-corrected chi connectivity index (χ0v) is 16.0. The van der Waals surface area contributed by atoms with Crippen LogP contribution < -0.4 is 5.32 Å². The second-order valence-electron chi connectivity index (χ2n) is 6.59. The van der Waals surface area contributed by atoms with Crippen LogP contribution in [0.1, 0.15) is 16.2 Å². The number of aromatic nitrogens is 5. The fourth-order valence-electron chi connectivity index (χ4n) is 3.01. The van der Waals surface area contributed by atoms with Gasteiger partial charge in [0.15, 0.2) is 0 Å². The fourth-order valence-corrected chi connectivity index (χ4v) is 3.01. The molecule has 8 heteroatoms. The summed E-state index contributed by atoms with van der Waals surface area (Å²) in [6, 6.07) is 15.2. The van der Waals surface area contributed by atoms with E-state index in [0.29, 0.717) is 17.9 Å². The molecule has 3 heterocycles. The van der Waals surface area contributed by atoms with Gasteiger partial charge in [0.05, 0.1) is 23.6 Å². The summed E-state index contributed by atoms with van der Waals surface area (Å²) >= 11 is 0. The van der Waals surface area contributed by atoms with E-state index in [2.05, 4.69) is 20.5 Å². The molecule has 0 fully saturated rings. The van der Waals surface area contributed by atoms with Crippen LogP contribution >= 0.6 is 0 Å². The minimum Gasteiger partial charge on any atom is -0.345 e. The summed E-state index contributed by atoms with van der Waals surface area (Å²) in [5, 5.41) is 11.7. The summed E-state index contributed by atoms with van der Waals surface area (Å²) in [5.41, 5.74) is 4.13. The minimum absolute atomic E-state index is 0.256. The van der Waals surface area contributed by atoms with Crippen LogP contribution in [0.2, 0.25) is 0 Å². The first-order chi connectivity index (χ1) is 14.0. The number of halogens is 1. The lowest BCUT2D eigenvalue weighted by Crippen LogP contribution is -2.26. The molecule has 0 saturated heterocycles. The molecule has 4 aromatic rings. The van der Waals surface area contributed by atoms with E-state index in [1.165, 1.54) is 16.8 Å². The molecule has 0 atom stereocenters. The topological polar surface area (TPSA) is 77.6 Å². The molecule has 0 saturated carbocycles. The summed E-state index contributed by atoms with van der Waals surface area (Å²) in [6.45, 7) is 0.312. The van der Waals surface area contributed by atoms with E-state index in [1.807, 2.05) is 31.3 Å². The van der Waals surface area contributed by atoms with Gasteiger partial charge in [-0.25, -0.2) is 4.39 Å². The zero-order valence-electron chi connectivity index (χ0n) is 16.0. The average Bonchev–Trinajstić information content (AvgIpc) is 3.30. The largest absolute Gasteiger partial charge is 0.345 e. The first-order valence-electron chi connectivity index (χ1n) is 9.04. The number of benzene rings is 1. The Morgan fingerprint density at radius 1 is 0.966 bits per heavy atom.